The molecule has 45 heavy (non-hydrogen) atoms. The molecular formula is C28H42GdN5O11. The van der Waals surface area contributed by atoms with E-state index in [4.69, 9.17) is 14.2 Å². The topological polar surface area (TPSA) is 211 Å². The zero-order chi connectivity index (χ0) is 32.3. The van der Waals surface area contributed by atoms with Gasteiger partial charge in [-0.05, 0) is 19.1 Å². The quantitative estimate of drug-likeness (QED) is 0.138. The molecule has 16 nitrogen and oxygen atoms in total. The van der Waals surface area contributed by atoms with Crippen LogP contribution in [0.5, 0.6) is 5.75 Å². The molecule has 253 valence electrons. The molecule has 0 amide bonds. The maximum atomic E-state index is 11.8. The normalized spacial score (nSPS) is 17.8. The van der Waals surface area contributed by atoms with Gasteiger partial charge in [0.15, 0.2) is 0 Å². The Morgan fingerprint density at radius 2 is 1.36 bits per heavy atom. The van der Waals surface area contributed by atoms with Crippen molar-refractivity contribution in [1.82, 2.24) is 24.6 Å². The Labute approximate surface area is 294 Å². The number of aromatic nitrogens is 1. The Morgan fingerprint density at radius 3 is 1.93 bits per heavy atom. The van der Waals surface area contributed by atoms with Gasteiger partial charge in [-0.1, -0.05) is 0 Å². The number of carbonyl (C=O) groups is 4. The molecule has 0 aromatic carbocycles. The summed E-state index contributed by atoms with van der Waals surface area (Å²) in [7, 11) is 0. The molecule has 1 fully saturated rings. The molecule has 1 aliphatic rings. The van der Waals surface area contributed by atoms with E-state index < -0.39 is 49.6 Å². The van der Waals surface area contributed by atoms with E-state index in [9.17, 15) is 39.6 Å². The molecule has 0 saturated carbocycles. The van der Waals surface area contributed by atoms with Crippen molar-refractivity contribution < 1.29 is 93.8 Å². The summed E-state index contributed by atoms with van der Waals surface area (Å²) in [6.45, 7) is 3.44. The number of hydrogen-bond donors (Lipinski definition) is 1. The van der Waals surface area contributed by atoms with Crippen molar-refractivity contribution >= 4 is 23.9 Å². The average Bonchev–Trinajstić information content (AvgIpc) is 2.94. The first kappa shape index (κ1) is 40.9. The third kappa shape index (κ3) is 18.6. The van der Waals surface area contributed by atoms with E-state index in [0.29, 0.717) is 44.5 Å². The number of rotatable bonds is 18. The van der Waals surface area contributed by atoms with Gasteiger partial charge in [0, 0.05) is 90.2 Å². The first-order valence-corrected chi connectivity index (χ1v) is 14.5. The molecule has 0 aliphatic carbocycles. The SMILES string of the molecule is CCOCCOCCOc1ccc(C[C@H]2CN(CC(=O)[O-])CCN(CC(=O)[O-])CCN(CC(=O)O)CCN2CC(=O)[O-])nc1.[Gd+3]. The standard InChI is InChI=1S/C28H45N5O11.Gd/c1-2-42-11-12-43-13-14-44-24-4-3-22(29-16-24)15-23-17-32(20-27(38)39)8-7-30(18-25(34)35)5-6-31(19-26(36)37)9-10-33(23)21-28(40)41;/h3-4,16,23H,2,5-15,17-21H2,1H3,(H,34,35)(H,36,37)(H,38,39)(H,40,41);/q;+3/p-3/t23-;/m0./s1. The Hall–Kier alpha value is -2.09. The van der Waals surface area contributed by atoms with Gasteiger partial charge in [0.2, 0.25) is 0 Å². The van der Waals surface area contributed by atoms with Crippen molar-refractivity contribution in [2.75, 3.05) is 105 Å². The first-order valence-electron chi connectivity index (χ1n) is 14.5. The van der Waals surface area contributed by atoms with Crippen LogP contribution < -0.4 is 20.1 Å². The summed E-state index contributed by atoms with van der Waals surface area (Å²) in [4.78, 5) is 56.9. The molecule has 2 rings (SSSR count). The molecule has 1 saturated heterocycles. The number of pyridine rings is 1. The summed E-state index contributed by atoms with van der Waals surface area (Å²) in [6, 6.07) is 2.86. The van der Waals surface area contributed by atoms with Gasteiger partial charge in [-0.2, -0.15) is 0 Å². The van der Waals surface area contributed by atoms with Crippen molar-refractivity contribution in [1.29, 1.82) is 0 Å². The zero-order valence-corrected chi connectivity index (χ0v) is 27.7. The molecule has 1 aliphatic heterocycles. The Bertz CT molecular complexity index is 1040. The molecule has 0 spiro atoms. The summed E-state index contributed by atoms with van der Waals surface area (Å²) >= 11 is 0. The van der Waals surface area contributed by atoms with E-state index >= 15 is 0 Å². The van der Waals surface area contributed by atoms with Crippen LogP contribution in [0.2, 0.25) is 0 Å². The van der Waals surface area contributed by atoms with E-state index in [1.807, 2.05) is 6.92 Å². The maximum Gasteiger partial charge on any atom is 3.00 e. The smallest absolute Gasteiger partial charge is 0.549 e. The molecule has 1 aromatic rings. The molecule has 1 atom stereocenters. The fourth-order valence-corrected chi connectivity index (χ4v) is 4.77. The van der Waals surface area contributed by atoms with Crippen LogP contribution in [-0.2, 0) is 35.1 Å². The van der Waals surface area contributed by atoms with Crippen LogP contribution >= 0.6 is 0 Å². The third-order valence-electron chi connectivity index (χ3n) is 6.87. The van der Waals surface area contributed by atoms with Gasteiger partial charge in [-0.25, -0.2) is 0 Å². The maximum absolute atomic E-state index is 11.8. The number of ether oxygens (including phenoxy) is 3. The van der Waals surface area contributed by atoms with Crippen LogP contribution in [-0.4, -0.2) is 165 Å². The molecule has 0 bridgehead atoms. The number of aliphatic carboxylic acids is 4. The second-order valence-electron chi connectivity index (χ2n) is 10.3. The average molecular weight is 782 g/mol. The van der Waals surface area contributed by atoms with Crippen LogP contribution in [0.1, 0.15) is 12.6 Å². The van der Waals surface area contributed by atoms with E-state index in [-0.39, 0.29) is 98.7 Å². The Morgan fingerprint density at radius 1 is 0.800 bits per heavy atom. The summed E-state index contributed by atoms with van der Waals surface area (Å²) in [5, 5.41) is 44.1. The minimum absolute atomic E-state index is 0. The van der Waals surface area contributed by atoms with Gasteiger partial charge in [-0.15, -0.1) is 0 Å². The van der Waals surface area contributed by atoms with Crippen LogP contribution in [0.4, 0.5) is 0 Å². The summed E-state index contributed by atoms with van der Waals surface area (Å²) in [6.07, 6.45) is 1.75. The first-order chi connectivity index (χ1) is 21.0. The minimum atomic E-state index is -1.35. The van der Waals surface area contributed by atoms with E-state index in [0.717, 1.165) is 0 Å². The van der Waals surface area contributed by atoms with Crippen molar-refractivity contribution in [2.24, 2.45) is 0 Å². The number of carboxylic acids is 4. The van der Waals surface area contributed by atoms with Gasteiger partial charge in [0.25, 0.3) is 0 Å². The van der Waals surface area contributed by atoms with E-state index in [1.54, 1.807) is 31.7 Å². The fourth-order valence-electron chi connectivity index (χ4n) is 4.77. The molecule has 0 unspecified atom stereocenters. The number of nitrogens with zero attached hydrogens (tertiary/aromatic N) is 5. The number of carbonyl (C=O) groups excluding carboxylic acids is 3. The monoisotopic (exact) mass is 782 g/mol. The van der Waals surface area contributed by atoms with Gasteiger partial charge >= 0.3 is 45.9 Å². The van der Waals surface area contributed by atoms with Crippen molar-refractivity contribution in [3.63, 3.8) is 0 Å². The number of carboxylic acid groups (broad SMARTS) is 4. The van der Waals surface area contributed by atoms with E-state index in [1.165, 1.54) is 6.20 Å². The summed E-state index contributed by atoms with van der Waals surface area (Å²) in [5.74, 6) is -4.60. The molecule has 2 heterocycles. The van der Waals surface area contributed by atoms with Crippen LogP contribution in [0.15, 0.2) is 18.3 Å². The van der Waals surface area contributed by atoms with E-state index in [2.05, 4.69) is 4.98 Å². The molecular weight excluding hydrogens is 740 g/mol. The second kappa shape index (κ2) is 23.3. The van der Waals surface area contributed by atoms with Gasteiger partial charge in [0.05, 0.1) is 50.5 Å². The molecule has 17 heteroatoms. The molecule has 1 N–H and O–H groups in total. The molecule has 1 aromatic heterocycles. The van der Waals surface area contributed by atoms with Gasteiger partial charge in [-0.3, -0.25) is 29.4 Å². The third-order valence-corrected chi connectivity index (χ3v) is 6.87. The van der Waals surface area contributed by atoms with Crippen LogP contribution in [0, 0.1) is 39.9 Å². The van der Waals surface area contributed by atoms with Gasteiger partial charge < -0.3 is 49.0 Å². The predicted octanol–water partition coefficient (Wildman–Crippen LogP) is -5.02. The minimum Gasteiger partial charge on any atom is -0.549 e. The number of hydrogen-bond acceptors (Lipinski definition) is 15. The van der Waals surface area contributed by atoms with Gasteiger partial charge in [0.1, 0.15) is 12.4 Å². The molecule has 1 radical (unpaired) electrons. The Kier molecular flexibility index (Phi) is 21.2. The second-order valence-corrected chi connectivity index (χ2v) is 10.3. The Balaban J connectivity index is 0.0000101. The van der Waals surface area contributed by atoms with Crippen molar-refractivity contribution in [3.8, 4) is 5.75 Å². The summed E-state index contributed by atoms with van der Waals surface area (Å²) in [5.41, 5.74) is 0.583. The van der Waals surface area contributed by atoms with Crippen LogP contribution in [0.25, 0.3) is 0 Å². The van der Waals surface area contributed by atoms with Crippen LogP contribution in [0.3, 0.4) is 0 Å². The predicted molar refractivity (Wildman–Crippen MR) is 148 cm³/mol. The largest absolute Gasteiger partial charge is 3.00 e. The van der Waals surface area contributed by atoms with Crippen molar-refractivity contribution in [2.45, 2.75) is 19.4 Å². The summed E-state index contributed by atoms with van der Waals surface area (Å²) < 4.78 is 16.3. The van der Waals surface area contributed by atoms with Crippen molar-refractivity contribution in [3.05, 3.63) is 24.0 Å². The fraction of sp³-hybridized carbons (Fsp3) is 0.679. The zero-order valence-electron chi connectivity index (χ0n) is 25.4.